The molecule has 0 bridgehead atoms. The first kappa shape index (κ1) is 20.5. The van der Waals surface area contributed by atoms with E-state index in [-0.39, 0.29) is 10.8 Å². The van der Waals surface area contributed by atoms with E-state index in [1.54, 1.807) is 48.5 Å². The maximum atomic E-state index is 12.7. The first-order valence-electron chi connectivity index (χ1n) is 9.69. The normalized spacial score (nSPS) is 11.3. The molecule has 4 aromatic rings. The van der Waals surface area contributed by atoms with Crippen molar-refractivity contribution in [2.24, 2.45) is 0 Å². The average molecular weight is 436 g/mol. The molecule has 0 unspecified atom stereocenters. The zero-order valence-electron chi connectivity index (χ0n) is 16.8. The number of benzene rings is 3. The van der Waals surface area contributed by atoms with Crippen molar-refractivity contribution >= 4 is 38.2 Å². The molecule has 0 saturated carbocycles. The van der Waals surface area contributed by atoms with Crippen LogP contribution in [0, 0.1) is 0 Å². The molecule has 0 spiro atoms. The number of carbonyl (C=O) groups is 1. The molecule has 158 valence electrons. The second kappa shape index (κ2) is 8.53. The van der Waals surface area contributed by atoms with E-state index in [4.69, 9.17) is 4.74 Å². The molecule has 4 rings (SSSR count). The summed E-state index contributed by atoms with van der Waals surface area (Å²) in [6.45, 7) is 2.47. The highest BCUT2D eigenvalue weighted by molar-refractivity contribution is 7.92. The van der Waals surface area contributed by atoms with Gasteiger partial charge in [-0.15, -0.1) is 0 Å². The summed E-state index contributed by atoms with van der Waals surface area (Å²) < 4.78 is 33.0. The van der Waals surface area contributed by atoms with Gasteiger partial charge in [0, 0.05) is 22.7 Å². The summed E-state index contributed by atoms with van der Waals surface area (Å²) >= 11 is 0. The highest BCUT2D eigenvalue weighted by atomic mass is 32.2. The average Bonchev–Trinajstić information content (AvgIpc) is 3.18. The van der Waals surface area contributed by atoms with E-state index in [1.165, 1.54) is 12.1 Å². The van der Waals surface area contributed by atoms with Gasteiger partial charge in [-0.1, -0.05) is 24.3 Å². The van der Waals surface area contributed by atoms with Crippen molar-refractivity contribution in [3.63, 3.8) is 0 Å². The molecule has 0 aliphatic carbocycles. The molecule has 0 aliphatic heterocycles. The lowest BCUT2D eigenvalue weighted by Crippen LogP contribution is -2.14. The van der Waals surface area contributed by atoms with E-state index in [0.29, 0.717) is 23.7 Å². The second-order valence-corrected chi connectivity index (χ2v) is 8.50. The first-order valence-corrected chi connectivity index (χ1v) is 11.2. The minimum absolute atomic E-state index is 0.161. The monoisotopic (exact) mass is 435 g/mol. The first-order chi connectivity index (χ1) is 14.9. The number of amides is 1. The molecule has 0 radical (unpaired) electrons. The highest BCUT2D eigenvalue weighted by Crippen LogP contribution is 2.23. The largest absolute Gasteiger partial charge is 0.494 e. The zero-order chi connectivity index (χ0) is 21.8. The quantitative estimate of drug-likeness (QED) is 0.394. The SMILES string of the molecule is CCOc1ccc2cc(C(=O)Nc3cccc(NS(=O)(=O)c4ccccc4)c3)[nH]c2c1. The van der Waals surface area contributed by atoms with E-state index >= 15 is 0 Å². The van der Waals surface area contributed by atoms with Crippen LogP contribution in [0.4, 0.5) is 11.4 Å². The molecule has 8 heteroatoms. The van der Waals surface area contributed by atoms with E-state index < -0.39 is 10.0 Å². The number of aromatic nitrogens is 1. The number of H-pyrrole nitrogens is 1. The van der Waals surface area contributed by atoms with Gasteiger partial charge in [0.05, 0.1) is 17.2 Å². The van der Waals surface area contributed by atoms with Gasteiger partial charge in [0.25, 0.3) is 15.9 Å². The van der Waals surface area contributed by atoms with Gasteiger partial charge in [-0.3, -0.25) is 9.52 Å². The Bertz CT molecular complexity index is 1330. The third-order valence-electron chi connectivity index (χ3n) is 4.58. The van der Waals surface area contributed by atoms with Gasteiger partial charge < -0.3 is 15.0 Å². The van der Waals surface area contributed by atoms with Crippen molar-refractivity contribution in [1.82, 2.24) is 4.98 Å². The predicted octanol–water partition coefficient (Wildman–Crippen LogP) is 4.62. The fourth-order valence-corrected chi connectivity index (χ4v) is 4.23. The lowest BCUT2D eigenvalue weighted by molar-refractivity contribution is 0.102. The zero-order valence-corrected chi connectivity index (χ0v) is 17.6. The Morgan fingerprint density at radius 3 is 2.48 bits per heavy atom. The molecule has 3 aromatic carbocycles. The molecule has 0 fully saturated rings. The number of hydrogen-bond donors (Lipinski definition) is 3. The number of ether oxygens (including phenoxy) is 1. The Labute approximate surface area is 180 Å². The molecule has 3 N–H and O–H groups in total. The van der Waals surface area contributed by atoms with Crippen LogP contribution in [0.3, 0.4) is 0 Å². The van der Waals surface area contributed by atoms with Gasteiger partial charge in [-0.05, 0) is 55.5 Å². The van der Waals surface area contributed by atoms with Gasteiger partial charge in [0.2, 0.25) is 0 Å². The minimum atomic E-state index is -3.72. The highest BCUT2D eigenvalue weighted by Gasteiger charge is 2.15. The minimum Gasteiger partial charge on any atom is -0.494 e. The number of nitrogens with one attached hydrogen (secondary N) is 3. The predicted molar refractivity (Wildman–Crippen MR) is 121 cm³/mol. The van der Waals surface area contributed by atoms with Crippen molar-refractivity contribution in [3.8, 4) is 5.75 Å². The van der Waals surface area contributed by atoms with Gasteiger partial charge in [0.15, 0.2) is 0 Å². The van der Waals surface area contributed by atoms with E-state index in [9.17, 15) is 13.2 Å². The number of anilines is 2. The Hall–Kier alpha value is -3.78. The van der Waals surface area contributed by atoms with Crippen molar-refractivity contribution in [1.29, 1.82) is 0 Å². The van der Waals surface area contributed by atoms with E-state index in [0.717, 1.165) is 16.7 Å². The van der Waals surface area contributed by atoms with Gasteiger partial charge >= 0.3 is 0 Å². The third-order valence-corrected chi connectivity index (χ3v) is 5.97. The van der Waals surface area contributed by atoms with Crippen LogP contribution in [0.25, 0.3) is 10.9 Å². The number of hydrogen-bond acceptors (Lipinski definition) is 4. The van der Waals surface area contributed by atoms with Crippen molar-refractivity contribution in [2.75, 3.05) is 16.6 Å². The fourth-order valence-electron chi connectivity index (χ4n) is 3.16. The number of sulfonamides is 1. The molecule has 0 aliphatic rings. The van der Waals surface area contributed by atoms with Gasteiger partial charge in [-0.25, -0.2) is 8.42 Å². The maximum Gasteiger partial charge on any atom is 0.272 e. The van der Waals surface area contributed by atoms with Crippen LogP contribution in [0.15, 0.2) is 83.8 Å². The summed E-state index contributed by atoms with van der Waals surface area (Å²) in [6.07, 6.45) is 0. The van der Waals surface area contributed by atoms with Crippen LogP contribution in [-0.4, -0.2) is 25.9 Å². The van der Waals surface area contributed by atoms with Gasteiger partial charge in [-0.2, -0.15) is 0 Å². The van der Waals surface area contributed by atoms with E-state index in [2.05, 4.69) is 15.0 Å². The Kier molecular flexibility index (Phi) is 5.64. The Balaban J connectivity index is 1.51. The molecule has 1 amide bonds. The number of aromatic amines is 1. The van der Waals surface area contributed by atoms with Crippen molar-refractivity contribution in [3.05, 3.63) is 84.6 Å². The molecule has 7 nitrogen and oxygen atoms in total. The summed E-state index contributed by atoms with van der Waals surface area (Å²) in [5, 5.41) is 3.68. The van der Waals surface area contributed by atoms with Crippen molar-refractivity contribution < 1.29 is 17.9 Å². The Morgan fingerprint density at radius 1 is 0.935 bits per heavy atom. The summed E-state index contributed by atoms with van der Waals surface area (Å²) in [4.78, 5) is 15.9. The van der Waals surface area contributed by atoms with Crippen LogP contribution in [0.2, 0.25) is 0 Å². The topological polar surface area (TPSA) is 100 Å². The van der Waals surface area contributed by atoms with Crippen LogP contribution in [0.5, 0.6) is 5.75 Å². The molecular formula is C23H21N3O4S. The van der Waals surface area contributed by atoms with Crippen LogP contribution in [-0.2, 0) is 10.0 Å². The standard InChI is InChI=1S/C23H21N3O4S/c1-2-30-19-12-11-16-13-22(25-21(16)15-19)23(27)24-17-7-6-8-18(14-17)26-31(28,29)20-9-4-3-5-10-20/h3-15,25-26H,2H2,1H3,(H,24,27). The fraction of sp³-hybridized carbons (Fsp3) is 0.0870. The molecule has 31 heavy (non-hydrogen) atoms. The Morgan fingerprint density at radius 2 is 1.71 bits per heavy atom. The van der Waals surface area contributed by atoms with Crippen molar-refractivity contribution in [2.45, 2.75) is 11.8 Å². The molecule has 1 heterocycles. The summed E-state index contributed by atoms with van der Waals surface area (Å²) in [5.41, 5.74) is 1.99. The maximum absolute atomic E-state index is 12.7. The lowest BCUT2D eigenvalue weighted by atomic mass is 10.2. The molecule has 0 atom stereocenters. The summed E-state index contributed by atoms with van der Waals surface area (Å²) in [5.74, 6) is 0.388. The van der Waals surface area contributed by atoms with Gasteiger partial charge in [0.1, 0.15) is 11.4 Å². The van der Waals surface area contributed by atoms with Crippen LogP contribution < -0.4 is 14.8 Å². The number of rotatable bonds is 7. The summed E-state index contributed by atoms with van der Waals surface area (Å²) in [6, 6.07) is 22.0. The summed E-state index contributed by atoms with van der Waals surface area (Å²) in [7, 11) is -3.72. The number of fused-ring (bicyclic) bond motifs is 1. The third kappa shape index (κ3) is 4.70. The second-order valence-electron chi connectivity index (χ2n) is 6.82. The molecule has 1 aromatic heterocycles. The number of carbonyl (C=O) groups excluding carboxylic acids is 1. The van der Waals surface area contributed by atoms with E-state index in [1.807, 2.05) is 25.1 Å². The van der Waals surface area contributed by atoms with Crippen LogP contribution >= 0.6 is 0 Å². The molecule has 0 saturated heterocycles. The lowest BCUT2D eigenvalue weighted by Gasteiger charge is -2.10. The van der Waals surface area contributed by atoms with Crippen LogP contribution in [0.1, 0.15) is 17.4 Å². The smallest absolute Gasteiger partial charge is 0.272 e. The molecular weight excluding hydrogens is 414 g/mol.